The molecule has 0 saturated carbocycles. The fraction of sp³-hybridized carbons (Fsp3) is 0.583. The van der Waals surface area contributed by atoms with Crippen molar-refractivity contribution in [3.05, 3.63) is 18.0 Å². The number of carbonyl (C=O) groups is 1. The molecule has 2 rings (SSSR count). The lowest BCUT2D eigenvalue weighted by molar-refractivity contribution is -0.169. The highest BCUT2D eigenvalue weighted by molar-refractivity contribution is 5.78. The molecule has 0 radical (unpaired) electrons. The third-order valence-electron chi connectivity index (χ3n) is 3.28. The second-order valence-corrected chi connectivity index (χ2v) is 5.06. The highest BCUT2D eigenvalue weighted by Crippen LogP contribution is 2.34. The van der Waals surface area contributed by atoms with Gasteiger partial charge in [-0.05, 0) is 12.5 Å². The van der Waals surface area contributed by atoms with Crippen molar-refractivity contribution >= 4 is 5.91 Å². The minimum atomic E-state index is -4.51. The van der Waals surface area contributed by atoms with Crippen LogP contribution in [0.4, 0.5) is 13.2 Å². The fourth-order valence-corrected chi connectivity index (χ4v) is 2.28. The van der Waals surface area contributed by atoms with Crippen LogP contribution in [-0.4, -0.2) is 39.9 Å². The van der Waals surface area contributed by atoms with Crippen molar-refractivity contribution < 1.29 is 18.0 Å². The van der Waals surface area contributed by atoms with Gasteiger partial charge in [-0.1, -0.05) is 0 Å². The number of amides is 1. The van der Waals surface area contributed by atoms with Gasteiger partial charge < -0.3 is 4.90 Å². The van der Waals surface area contributed by atoms with E-state index in [2.05, 4.69) is 5.10 Å². The zero-order valence-corrected chi connectivity index (χ0v) is 10.8. The number of aryl methyl sites for hydroxylation is 1. The standard InChI is InChI=1S/C12H13F3N4O/c1-9-5-17-19(6-9)11(2-3-16)7-18(8-11)10(20)4-12(13,14)15/h5-6H,2,4,7-8H2,1H3. The third kappa shape index (κ3) is 2.76. The minimum Gasteiger partial charge on any atom is -0.337 e. The summed E-state index contributed by atoms with van der Waals surface area (Å²) >= 11 is 0. The van der Waals surface area contributed by atoms with E-state index in [0.717, 1.165) is 10.5 Å². The molecule has 0 bridgehead atoms. The molecule has 0 aromatic carbocycles. The van der Waals surface area contributed by atoms with Gasteiger partial charge in [0.2, 0.25) is 5.91 Å². The first-order chi connectivity index (χ1) is 9.26. The molecule has 1 fully saturated rings. The molecule has 0 aliphatic carbocycles. The summed E-state index contributed by atoms with van der Waals surface area (Å²) in [6, 6.07) is 2.00. The van der Waals surface area contributed by atoms with Crippen LogP contribution in [0.3, 0.4) is 0 Å². The molecule has 20 heavy (non-hydrogen) atoms. The quantitative estimate of drug-likeness (QED) is 0.847. The molecule has 2 heterocycles. The Balaban J connectivity index is 2.07. The van der Waals surface area contributed by atoms with Gasteiger partial charge in [0.1, 0.15) is 12.0 Å². The zero-order valence-electron chi connectivity index (χ0n) is 10.8. The highest BCUT2D eigenvalue weighted by atomic mass is 19.4. The lowest BCUT2D eigenvalue weighted by Crippen LogP contribution is -2.64. The third-order valence-corrected chi connectivity index (χ3v) is 3.28. The number of alkyl halides is 3. The van der Waals surface area contributed by atoms with Crippen molar-refractivity contribution in [2.75, 3.05) is 13.1 Å². The van der Waals surface area contributed by atoms with Crippen LogP contribution >= 0.6 is 0 Å². The summed E-state index contributed by atoms with van der Waals surface area (Å²) in [5.41, 5.74) is 0.187. The summed E-state index contributed by atoms with van der Waals surface area (Å²) in [6.45, 7) is 1.99. The van der Waals surface area contributed by atoms with Gasteiger partial charge >= 0.3 is 6.18 Å². The molecule has 1 aromatic heterocycles. The maximum Gasteiger partial charge on any atom is 0.397 e. The number of aromatic nitrogens is 2. The number of rotatable bonds is 3. The Kier molecular flexibility index (Phi) is 3.46. The number of likely N-dealkylation sites (tertiary alicyclic amines) is 1. The molecule has 1 aromatic rings. The normalized spacial score (nSPS) is 17.4. The van der Waals surface area contributed by atoms with E-state index in [4.69, 9.17) is 5.26 Å². The molecule has 0 spiro atoms. The van der Waals surface area contributed by atoms with E-state index in [1.807, 2.05) is 13.0 Å². The molecule has 0 unspecified atom stereocenters. The van der Waals surface area contributed by atoms with Gasteiger partial charge in [0, 0.05) is 19.3 Å². The number of nitriles is 1. The highest BCUT2D eigenvalue weighted by Gasteiger charge is 2.49. The van der Waals surface area contributed by atoms with Crippen LogP contribution in [0.2, 0.25) is 0 Å². The van der Waals surface area contributed by atoms with Crippen LogP contribution in [-0.2, 0) is 10.3 Å². The molecule has 5 nitrogen and oxygen atoms in total. The van der Waals surface area contributed by atoms with Crippen LogP contribution in [0, 0.1) is 18.3 Å². The van der Waals surface area contributed by atoms with Gasteiger partial charge in [0.05, 0.1) is 18.7 Å². The predicted octanol–water partition coefficient (Wildman–Crippen LogP) is 1.60. The van der Waals surface area contributed by atoms with Crippen molar-refractivity contribution in [2.45, 2.75) is 31.5 Å². The van der Waals surface area contributed by atoms with Gasteiger partial charge in [-0.2, -0.15) is 23.5 Å². The van der Waals surface area contributed by atoms with E-state index in [1.54, 1.807) is 17.1 Å². The second-order valence-electron chi connectivity index (χ2n) is 5.06. The number of hydrogen-bond donors (Lipinski definition) is 0. The molecule has 1 aliphatic rings. The Labute approximate surface area is 113 Å². The average molecular weight is 286 g/mol. The Hall–Kier alpha value is -2.04. The van der Waals surface area contributed by atoms with Gasteiger partial charge in [-0.15, -0.1) is 0 Å². The molecule has 1 aliphatic heterocycles. The van der Waals surface area contributed by atoms with Crippen molar-refractivity contribution in [3.63, 3.8) is 0 Å². The molecule has 0 atom stereocenters. The molecule has 1 amide bonds. The second kappa shape index (κ2) is 4.81. The fourth-order valence-electron chi connectivity index (χ4n) is 2.28. The Morgan fingerprint density at radius 1 is 1.55 bits per heavy atom. The van der Waals surface area contributed by atoms with E-state index in [0.29, 0.717) is 0 Å². The zero-order chi connectivity index (χ0) is 15.0. The topological polar surface area (TPSA) is 61.9 Å². The Morgan fingerprint density at radius 2 is 2.20 bits per heavy atom. The lowest BCUT2D eigenvalue weighted by Gasteiger charge is -2.49. The number of carbonyl (C=O) groups excluding carboxylic acids is 1. The van der Waals surface area contributed by atoms with Crippen LogP contribution in [0.1, 0.15) is 18.4 Å². The molecule has 0 N–H and O–H groups in total. The van der Waals surface area contributed by atoms with E-state index in [1.165, 1.54) is 0 Å². The summed E-state index contributed by atoms with van der Waals surface area (Å²) in [7, 11) is 0. The first-order valence-corrected chi connectivity index (χ1v) is 5.99. The van der Waals surface area contributed by atoms with Gasteiger partial charge in [-0.3, -0.25) is 9.48 Å². The molecule has 8 heteroatoms. The van der Waals surface area contributed by atoms with Crippen LogP contribution in [0.25, 0.3) is 0 Å². The average Bonchev–Trinajstić information content (AvgIpc) is 2.67. The van der Waals surface area contributed by atoms with E-state index in [9.17, 15) is 18.0 Å². The van der Waals surface area contributed by atoms with Crippen molar-refractivity contribution in [1.82, 2.24) is 14.7 Å². The Morgan fingerprint density at radius 3 is 2.65 bits per heavy atom. The van der Waals surface area contributed by atoms with Crippen LogP contribution < -0.4 is 0 Å². The van der Waals surface area contributed by atoms with Crippen LogP contribution in [0.15, 0.2) is 12.4 Å². The molecular formula is C12H13F3N4O. The van der Waals surface area contributed by atoms with Crippen molar-refractivity contribution in [2.24, 2.45) is 0 Å². The maximum atomic E-state index is 12.2. The summed E-state index contributed by atoms with van der Waals surface area (Å²) in [6.07, 6.45) is -2.53. The molecule has 108 valence electrons. The smallest absolute Gasteiger partial charge is 0.337 e. The van der Waals surface area contributed by atoms with Crippen molar-refractivity contribution in [1.29, 1.82) is 5.26 Å². The van der Waals surface area contributed by atoms with Gasteiger partial charge in [0.25, 0.3) is 0 Å². The summed E-state index contributed by atoms with van der Waals surface area (Å²) in [5, 5.41) is 13.0. The van der Waals surface area contributed by atoms with E-state index in [-0.39, 0.29) is 19.5 Å². The Bertz CT molecular complexity index is 552. The van der Waals surface area contributed by atoms with Gasteiger partial charge in [-0.25, -0.2) is 0 Å². The SMILES string of the molecule is Cc1cnn(C2(CC#N)CN(C(=O)CC(F)(F)F)C2)c1. The number of hydrogen-bond acceptors (Lipinski definition) is 3. The van der Waals surface area contributed by atoms with E-state index < -0.39 is 24.0 Å². The van der Waals surface area contributed by atoms with Crippen LogP contribution in [0.5, 0.6) is 0 Å². The first kappa shape index (κ1) is 14.4. The number of nitrogens with zero attached hydrogens (tertiary/aromatic N) is 4. The summed E-state index contributed by atoms with van der Waals surface area (Å²) in [5.74, 6) is -0.963. The summed E-state index contributed by atoms with van der Waals surface area (Å²) in [4.78, 5) is 12.6. The lowest BCUT2D eigenvalue weighted by atomic mass is 9.86. The predicted molar refractivity (Wildman–Crippen MR) is 62.4 cm³/mol. The largest absolute Gasteiger partial charge is 0.397 e. The monoisotopic (exact) mass is 286 g/mol. The minimum absolute atomic E-state index is 0.0800. The van der Waals surface area contributed by atoms with Crippen molar-refractivity contribution in [3.8, 4) is 6.07 Å². The summed E-state index contributed by atoms with van der Waals surface area (Å²) < 4.78 is 38.1. The molecule has 1 saturated heterocycles. The molecular weight excluding hydrogens is 273 g/mol. The maximum absolute atomic E-state index is 12.2. The number of halogens is 3. The van der Waals surface area contributed by atoms with E-state index >= 15 is 0 Å². The first-order valence-electron chi connectivity index (χ1n) is 5.99. The van der Waals surface area contributed by atoms with Gasteiger partial charge in [0.15, 0.2) is 0 Å².